The van der Waals surface area contributed by atoms with Crippen LogP contribution in [0.4, 0.5) is 4.79 Å². The summed E-state index contributed by atoms with van der Waals surface area (Å²) >= 11 is 5.79. The molecule has 16 heavy (non-hydrogen) atoms. The minimum absolute atomic E-state index is 0.0125. The van der Waals surface area contributed by atoms with Crippen molar-refractivity contribution in [2.45, 2.75) is 26.4 Å². The highest BCUT2D eigenvalue weighted by molar-refractivity contribution is 6.30. The van der Waals surface area contributed by atoms with Crippen molar-refractivity contribution in [3.8, 4) is 0 Å². The Bertz CT molecular complexity index is 369. The van der Waals surface area contributed by atoms with E-state index < -0.39 is 6.03 Å². The molecule has 0 aliphatic heterocycles. The molecule has 0 heterocycles. The van der Waals surface area contributed by atoms with E-state index in [1.54, 1.807) is 24.3 Å². The Hall–Kier alpha value is -1.26. The third-order valence-corrected chi connectivity index (χ3v) is 2.10. The van der Waals surface area contributed by atoms with Gasteiger partial charge >= 0.3 is 6.03 Å². The van der Waals surface area contributed by atoms with Gasteiger partial charge in [-0.1, -0.05) is 23.7 Å². The third kappa shape index (κ3) is 4.08. The molecule has 0 spiro atoms. The van der Waals surface area contributed by atoms with Crippen LogP contribution in [0.25, 0.3) is 0 Å². The molecule has 0 saturated carbocycles. The van der Waals surface area contributed by atoms with E-state index in [-0.39, 0.29) is 12.6 Å². The number of hydrogen-bond acceptors (Lipinski definition) is 2. The van der Waals surface area contributed by atoms with E-state index in [0.29, 0.717) is 10.1 Å². The lowest BCUT2D eigenvalue weighted by molar-refractivity contribution is -0.0514. The Kier molecular flexibility index (Phi) is 4.58. The Morgan fingerprint density at radius 3 is 2.81 bits per heavy atom. The molecule has 1 aromatic rings. The number of hydrogen-bond donors (Lipinski definition) is 2. The van der Waals surface area contributed by atoms with Crippen molar-refractivity contribution in [2.75, 3.05) is 0 Å². The highest BCUT2D eigenvalue weighted by atomic mass is 35.5. The fraction of sp³-hybridized carbons (Fsp3) is 0.364. The van der Waals surface area contributed by atoms with E-state index in [0.717, 1.165) is 5.56 Å². The van der Waals surface area contributed by atoms with E-state index in [2.05, 4.69) is 5.32 Å². The minimum Gasteiger partial charge on any atom is -0.334 e. The Morgan fingerprint density at radius 1 is 1.56 bits per heavy atom. The van der Waals surface area contributed by atoms with Gasteiger partial charge in [0.25, 0.3) is 0 Å². The van der Waals surface area contributed by atoms with Gasteiger partial charge in [-0.2, -0.15) is 0 Å². The van der Waals surface area contributed by atoms with Crippen molar-refractivity contribution >= 4 is 17.6 Å². The first-order valence-electron chi connectivity index (χ1n) is 5.00. The van der Waals surface area contributed by atoms with Crippen molar-refractivity contribution in [1.29, 1.82) is 0 Å². The quantitative estimate of drug-likeness (QED) is 0.633. The first-order chi connectivity index (χ1) is 7.49. The highest BCUT2D eigenvalue weighted by Gasteiger charge is 2.11. The molecule has 0 atom stereocenters. The lowest BCUT2D eigenvalue weighted by atomic mass is 10.2. The van der Waals surface area contributed by atoms with Crippen LogP contribution in [0.15, 0.2) is 24.3 Å². The van der Waals surface area contributed by atoms with Gasteiger partial charge in [0.15, 0.2) is 0 Å². The van der Waals surface area contributed by atoms with Crippen LogP contribution in [0.1, 0.15) is 19.4 Å². The van der Waals surface area contributed by atoms with Crippen LogP contribution in [0.2, 0.25) is 5.02 Å². The monoisotopic (exact) mass is 242 g/mol. The van der Waals surface area contributed by atoms with E-state index >= 15 is 0 Å². The normalized spacial score (nSPS) is 10.3. The van der Waals surface area contributed by atoms with Crippen LogP contribution < -0.4 is 5.32 Å². The molecule has 0 fully saturated rings. The second-order valence-corrected chi connectivity index (χ2v) is 4.23. The number of nitrogens with one attached hydrogen (secondary N) is 1. The van der Waals surface area contributed by atoms with Crippen LogP contribution in [0.5, 0.6) is 0 Å². The van der Waals surface area contributed by atoms with Gasteiger partial charge in [-0.15, -0.1) is 0 Å². The van der Waals surface area contributed by atoms with E-state index in [9.17, 15) is 10.0 Å². The molecule has 0 saturated heterocycles. The molecular weight excluding hydrogens is 228 g/mol. The van der Waals surface area contributed by atoms with Crippen LogP contribution in [-0.4, -0.2) is 22.3 Å². The largest absolute Gasteiger partial charge is 0.341 e. The third-order valence-electron chi connectivity index (χ3n) is 1.87. The zero-order valence-corrected chi connectivity index (χ0v) is 10.0. The van der Waals surface area contributed by atoms with Crippen molar-refractivity contribution in [2.24, 2.45) is 0 Å². The maximum absolute atomic E-state index is 11.4. The zero-order chi connectivity index (χ0) is 12.1. The zero-order valence-electron chi connectivity index (χ0n) is 9.27. The summed E-state index contributed by atoms with van der Waals surface area (Å²) < 4.78 is 0. The van der Waals surface area contributed by atoms with E-state index in [1.807, 2.05) is 13.8 Å². The number of carbonyl (C=O) groups is 1. The minimum atomic E-state index is -0.519. The number of carbonyl (C=O) groups excluding carboxylic acids is 1. The molecule has 0 unspecified atom stereocenters. The van der Waals surface area contributed by atoms with Gasteiger partial charge in [-0.25, -0.2) is 9.86 Å². The summed E-state index contributed by atoms with van der Waals surface area (Å²) in [5.74, 6) is 0. The van der Waals surface area contributed by atoms with Crippen LogP contribution in [0, 0.1) is 0 Å². The second-order valence-electron chi connectivity index (χ2n) is 3.79. The molecule has 1 aromatic carbocycles. The fourth-order valence-corrected chi connectivity index (χ4v) is 1.41. The number of rotatable bonds is 3. The van der Waals surface area contributed by atoms with Crippen molar-refractivity contribution in [1.82, 2.24) is 10.4 Å². The molecule has 1 rings (SSSR count). The van der Waals surface area contributed by atoms with E-state index in [1.165, 1.54) is 0 Å². The summed E-state index contributed by atoms with van der Waals surface area (Å²) in [5, 5.41) is 13.3. The van der Waals surface area contributed by atoms with Crippen LogP contribution >= 0.6 is 11.6 Å². The Balaban J connectivity index is 2.57. The fourth-order valence-electron chi connectivity index (χ4n) is 1.20. The molecule has 0 radical (unpaired) electrons. The molecular formula is C11H15ClN2O2. The van der Waals surface area contributed by atoms with E-state index in [4.69, 9.17) is 11.6 Å². The molecule has 2 N–H and O–H groups in total. The summed E-state index contributed by atoms with van der Waals surface area (Å²) in [4.78, 5) is 11.4. The summed E-state index contributed by atoms with van der Waals surface area (Å²) in [7, 11) is 0. The van der Waals surface area contributed by atoms with Gasteiger partial charge in [0.2, 0.25) is 0 Å². The smallest absolute Gasteiger partial charge is 0.334 e. The van der Waals surface area contributed by atoms with Gasteiger partial charge in [-0.3, -0.25) is 5.21 Å². The summed E-state index contributed by atoms with van der Waals surface area (Å²) in [6, 6.07) is 6.47. The number of amides is 2. The van der Waals surface area contributed by atoms with Crippen molar-refractivity contribution in [3.05, 3.63) is 34.9 Å². The van der Waals surface area contributed by atoms with Crippen molar-refractivity contribution < 1.29 is 10.0 Å². The number of benzene rings is 1. The van der Waals surface area contributed by atoms with Crippen LogP contribution in [0.3, 0.4) is 0 Å². The van der Waals surface area contributed by atoms with Gasteiger partial charge in [0.05, 0.1) is 6.54 Å². The topological polar surface area (TPSA) is 52.6 Å². The first-order valence-corrected chi connectivity index (χ1v) is 5.38. The molecule has 5 heteroatoms. The molecule has 0 bridgehead atoms. The number of halogens is 1. The standard InChI is InChI=1S/C11H15ClN2O2/c1-8(2)13-11(15)14(16)7-9-4-3-5-10(12)6-9/h3-6,8,16H,7H2,1-2H3,(H,13,15). The number of hydroxylamine groups is 2. The number of urea groups is 1. The van der Waals surface area contributed by atoms with Crippen LogP contribution in [-0.2, 0) is 6.54 Å². The Morgan fingerprint density at radius 2 is 2.25 bits per heavy atom. The predicted octanol–water partition coefficient (Wildman–Crippen LogP) is 2.65. The number of nitrogens with zero attached hydrogens (tertiary/aromatic N) is 1. The molecule has 2 amide bonds. The maximum Gasteiger partial charge on any atom is 0.341 e. The maximum atomic E-state index is 11.4. The SMILES string of the molecule is CC(C)NC(=O)N(O)Cc1cccc(Cl)c1. The average molecular weight is 243 g/mol. The molecule has 4 nitrogen and oxygen atoms in total. The first kappa shape index (κ1) is 12.8. The second kappa shape index (κ2) is 5.72. The van der Waals surface area contributed by atoms with Gasteiger partial charge in [-0.05, 0) is 31.5 Å². The lowest BCUT2D eigenvalue weighted by Crippen LogP contribution is -2.40. The van der Waals surface area contributed by atoms with Gasteiger partial charge < -0.3 is 5.32 Å². The molecule has 0 aliphatic rings. The lowest BCUT2D eigenvalue weighted by Gasteiger charge is -2.17. The highest BCUT2D eigenvalue weighted by Crippen LogP contribution is 2.11. The van der Waals surface area contributed by atoms with Gasteiger partial charge in [0, 0.05) is 11.1 Å². The average Bonchev–Trinajstić information content (AvgIpc) is 2.16. The van der Waals surface area contributed by atoms with Gasteiger partial charge in [0.1, 0.15) is 0 Å². The summed E-state index contributed by atoms with van der Waals surface area (Å²) in [6.07, 6.45) is 0. The Labute approximate surface area is 99.8 Å². The predicted molar refractivity (Wildman–Crippen MR) is 62.4 cm³/mol. The molecule has 0 aliphatic carbocycles. The summed E-state index contributed by atoms with van der Waals surface area (Å²) in [5.41, 5.74) is 0.772. The molecule has 88 valence electrons. The molecule has 0 aromatic heterocycles. The van der Waals surface area contributed by atoms with Crippen molar-refractivity contribution in [3.63, 3.8) is 0 Å². The summed E-state index contributed by atoms with van der Waals surface area (Å²) in [6.45, 7) is 3.76.